The van der Waals surface area contributed by atoms with Crippen LogP contribution in [0.3, 0.4) is 0 Å². The summed E-state index contributed by atoms with van der Waals surface area (Å²) in [6, 6.07) is 2.98. The van der Waals surface area contributed by atoms with Gasteiger partial charge in [-0.2, -0.15) is 0 Å². The number of nitro groups is 1. The summed E-state index contributed by atoms with van der Waals surface area (Å²) in [4.78, 5) is 23.2. The number of carbonyl (C=O) groups excluding carboxylic acids is 1. The maximum Gasteiger partial charge on any atom is 0.319 e. The van der Waals surface area contributed by atoms with E-state index in [-0.39, 0.29) is 23.2 Å². The van der Waals surface area contributed by atoms with Crippen LogP contribution in [0.4, 0.5) is 16.2 Å². The first kappa shape index (κ1) is 17.7. The van der Waals surface area contributed by atoms with Crippen LogP contribution < -0.4 is 10.6 Å². The second kappa shape index (κ2) is 7.00. The Kier molecular flexibility index (Phi) is 4.94. The van der Waals surface area contributed by atoms with E-state index in [1.54, 1.807) is 13.0 Å². The van der Waals surface area contributed by atoms with E-state index >= 15 is 0 Å². The van der Waals surface area contributed by atoms with Crippen LogP contribution >= 0.6 is 0 Å². The van der Waals surface area contributed by atoms with Gasteiger partial charge in [0, 0.05) is 25.3 Å². The number of hydrogen-bond donors (Lipinski definition) is 2. The molecule has 1 heterocycles. The Bertz CT molecular complexity index is 683. The molecule has 1 aromatic carbocycles. The molecule has 2 amide bonds. The number of nitrogens with zero attached hydrogens (tertiary/aromatic N) is 1. The van der Waals surface area contributed by atoms with Crippen molar-refractivity contribution in [1.82, 2.24) is 5.32 Å². The lowest BCUT2D eigenvalue weighted by Gasteiger charge is -2.39. The molecule has 1 saturated carbocycles. The molecule has 0 aromatic heterocycles. The van der Waals surface area contributed by atoms with E-state index in [9.17, 15) is 14.9 Å². The average Bonchev–Trinajstić information content (AvgIpc) is 2.93. The largest absolute Gasteiger partial charge is 0.381 e. The monoisotopic (exact) mass is 347 g/mol. The summed E-state index contributed by atoms with van der Waals surface area (Å²) in [6.45, 7) is 5.00. The maximum absolute atomic E-state index is 12.6. The quantitative estimate of drug-likeness (QED) is 0.644. The van der Waals surface area contributed by atoms with E-state index in [0.29, 0.717) is 11.3 Å². The highest BCUT2D eigenvalue weighted by Gasteiger charge is 2.44. The number of amides is 2. The fraction of sp³-hybridized carbons (Fsp3) is 0.611. The van der Waals surface area contributed by atoms with Crippen LogP contribution in [0.25, 0.3) is 0 Å². The molecule has 1 aliphatic carbocycles. The average molecular weight is 347 g/mol. The molecule has 1 saturated heterocycles. The molecule has 0 bridgehead atoms. The molecule has 0 radical (unpaired) electrons. The normalized spacial score (nSPS) is 21.9. The van der Waals surface area contributed by atoms with E-state index in [1.165, 1.54) is 6.07 Å². The third kappa shape index (κ3) is 3.46. The molecule has 25 heavy (non-hydrogen) atoms. The highest BCUT2D eigenvalue weighted by atomic mass is 16.6. The number of hydrogen-bond acceptors (Lipinski definition) is 4. The Morgan fingerprint density at radius 3 is 2.68 bits per heavy atom. The van der Waals surface area contributed by atoms with Gasteiger partial charge >= 0.3 is 6.03 Å². The molecule has 7 heteroatoms. The summed E-state index contributed by atoms with van der Waals surface area (Å²) in [6.07, 6.45) is 5.16. The van der Waals surface area contributed by atoms with E-state index in [2.05, 4.69) is 10.6 Å². The van der Waals surface area contributed by atoms with Crippen LogP contribution in [0.5, 0.6) is 0 Å². The van der Waals surface area contributed by atoms with Gasteiger partial charge in [0.05, 0.1) is 16.2 Å². The highest BCUT2D eigenvalue weighted by molar-refractivity contribution is 5.92. The Balaban J connectivity index is 1.73. The molecule has 2 N–H and O–H groups in total. The van der Waals surface area contributed by atoms with Crippen molar-refractivity contribution in [3.63, 3.8) is 0 Å². The molecule has 1 atom stereocenters. The number of anilines is 1. The zero-order valence-corrected chi connectivity index (χ0v) is 14.8. The van der Waals surface area contributed by atoms with Crippen molar-refractivity contribution < 1.29 is 14.5 Å². The minimum Gasteiger partial charge on any atom is -0.381 e. The lowest BCUT2D eigenvalue weighted by molar-refractivity contribution is -0.385. The first-order valence-electron chi connectivity index (χ1n) is 8.83. The van der Waals surface area contributed by atoms with Crippen LogP contribution in [0.2, 0.25) is 0 Å². The number of nitro benzene ring substituents is 1. The van der Waals surface area contributed by atoms with Gasteiger partial charge in [0.2, 0.25) is 0 Å². The van der Waals surface area contributed by atoms with Crippen molar-refractivity contribution in [3.05, 3.63) is 33.4 Å². The summed E-state index contributed by atoms with van der Waals surface area (Å²) in [5, 5.41) is 17.1. The lowest BCUT2D eigenvalue weighted by Crippen LogP contribution is -2.48. The van der Waals surface area contributed by atoms with E-state index in [1.807, 2.05) is 6.92 Å². The Hall–Kier alpha value is -2.15. The van der Waals surface area contributed by atoms with Crippen LogP contribution in [-0.2, 0) is 4.74 Å². The van der Waals surface area contributed by atoms with E-state index < -0.39 is 4.92 Å². The van der Waals surface area contributed by atoms with Gasteiger partial charge in [0.15, 0.2) is 0 Å². The molecule has 3 rings (SSSR count). The smallest absolute Gasteiger partial charge is 0.319 e. The molecule has 0 unspecified atom stereocenters. The summed E-state index contributed by atoms with van der Waals surface area (Å²) < 4.78 is 5.48. The van der Waals surface area contributed by atoms with E-state index in [4.69, 9.17) is 4.74 Å². The molecule has 7 nitrogen and oxygen atoms in total. The molecule has 136 valence electrons. The standard InChI is InChI=1S/C18H25N3O4/c1-12-5-6-14(21(23)24)13(2)16(12)20-17(22)19-15-4-3-7-18(15)8-10-25-11-9-18/h5-6,15H,3-4,7-11H2,1-2H3,(H2,19,20,22)/t15-/m1/s1. The Labute approximate surface area is 147 Å². The van der Waals surface area contributed by atoms with Gasteiger partial charge in [-0.3, -0.25) is 10.1 Å². The first-order valence-corrected chi connectivity index (χ1v) is 8.83. The summed E-state index contributed by atoms with van der Waals surface area (Å²) in [5.74, 6) is 0. The number of benzene rings is 1. The number of aryl methyl sites for hydroxylation is 1. The molecule has 2 aliphatic rings. The maximum atomic E-state index is 12.6. The van der Waals surface area contributed by atoms with Crippen molar-refractivity contribution in [1.29, 1.82) is 0 Å². The number of carbonyl (C=O) groups is 1. The lowest BCUT2D eigenvalue weighted by atomic mass is 9.75. The SMILES string of the molecule is Cc1ccc([N+](=O)[O-])c(C)c1NC(=O)N[C@@H]1CCCC12CCOCC2. The fourth-order valence-electron chi connectivity index (χ4n) is 4.27. The predicted octanol–water partition coefficient (Wildman–Crippen LogP) is 3.68. The van der Waals surface area contributed by atoms with Crippen LogP contribution in [0, 0.1) is 29.4 Å². The molecule has 1 aliphatic heterocycles. The van der Waals surface area contributed by atoms with Crippen LogP contribution in [0.15, 0.2) is 12.1 Å². The first-order chi connectivity index (χ1) is 11.9. The fourth-order valence-corrected chi connectivity index (χ4v) is 4.27. The van der Waals surface area contributed by atoms with Crippen molar-refractivity contribution in [3.8, 4) is 0 Å². The summed E-state index contributed by atoms with van der Waals surface area (Å²) in [7, 11) is 0. The van der Waals surface area contributed by atoms with Crippen molar-refractivity contribution in [2.45, 2.75) is 52.0 Å². The Morgan fingerprint density at radius 1 is 1.28 bits per heavy atom. The van der Waals surface area contributed by atoms with Crippen molar-refractivity contribution >= 4 is 17.4 Å². The minimum atomic E-state index is -0.425. The predicted molar refractivity (Wildman–Crippen MR) is 94.8 cm³/mol. The molecular formula is C18H25N3O4. The van der Waals surface area contributed by atoms with Crippen LogP contribution in [0.1, 0.15) is 43.2 Å². The second-order valence-corrected chi connectivity index (χ2v) is 7.18. The number of rotatable bonds is 3. The van der Waals surface area contributed by atoms with Gasteiger partial charge in [-0.05, 0) is 50.5 Å². The third-order valence-corrected chi connectivity index (χ3v) is 5.78. The Morgan fingerprint density at radius 2 is 2.00 bits per heavy atom. The van der Waals surface area contributed by atoms with Gasteiger partial charge in [-0.25, -0.2) is 4.79 Å². The number of urea groups is 1. The second-order valence-electron chi connectivity index (χ2n) is 7.18. The van der Waals surface area contributed by atoms with Gasteiger partial charge < -0.3 is 15.4 Å². The third-order valence-electron chi connectivity index (χ3n) is 5.78. The highest BCUT2D eigenvalue weighted by Crippen LogP contribution is 2.46. The number of nitrogens with one attached hydrogen (secondary N) is 2. The van der Waals surface area contributed by atoms with Crippen molar-refractivity contribution in [2.75, 3.05) is 18.5 Å². The van der Waals surface area contributed by atoms with Gasteiger partial charge in [0.1, 0.15) is 0 Å². The zero-order valence-electron chi connectivity index (χ0n) is 14.8. The minimum absolute atomic E-state index is 0.0164. The van der Waals surface area contributed by atoms with Crippen LogP contribution in [-0.4, -0.2) is 30.2 Å². The molecule has 2 fully saturated rings. The summed E-state index contributed by atoms with van der Waals surface area (Å²) >= 11 is 0. The van der Waals surface area contributed by atoms with Gasteiger partial charge in [0.25, 0.3) is 5.69 Å². The topological polar surface area (TPSA) is 93.5 Å². The molecular weight excluding hydrogens is 322 g/mol. The van der Waals surface area contributed by atoms with Gasteiger partial charge in [-0.1, -0.05) is 12.5 Å². The molecule has 1 spiro atoms. The van der Waals surface area contributed by atoms with Gasteiger partial charge in [-0.15, -0.1) is 0 Å². The zero-order chi connectivity index (χ0) is 18.0. The van der Waals surface area contributed by atoms with E-state index in [0.717, 1.165) is 50.9 Å². The summed E-state index contributed by atoms with van der Waals surface area (Å²) in [5.41, 5.74) is 1.97. The van der Waals surface area contributed by atoms with Crippen molar-refractivity contribution in [2.24, 2.45) is 5.41 Å². The number of ether oxygens (including phenoxy) is 1. The molecule has 1 aromatic rings.